The second-order valence-corrected chi connectivity index (χ2v) is 3.94. The van der Waals surface area contributed by atoms with Crippen LogP contribution >= 0.6 is 0 Å². The van der Waals surface area contributed by atoms with Crippen LogP contribution in [0.3, 0.4) is 0 Å². The number of rotatable bonds is 8. The van der Waals surface area contributed by atoms with E-state index in [0.717, 1.165) is 0 Å². The summed E-state index contributed by atoms with van der Waals surface area (Å²) in [6, 6.07) is 0. The Kier molecular flexibility index (Phi) is 8.94. The Balaban J connectivity index is 3.98. The van der Waals surface area contributed by atoms with Crippen LogP contribution in [-0.4, -0.2) is 58.1 Å². The first kappa shape index (κ1) is 15.2. The molecule has 5 nitrogen and oxygen atoms in total. The summed E-state index contributed by atoms with van der Waals surface area (Å²) in [7, 11) is 3.21. The minimum Gasteiger partial charge on any atom is -0.449 e. The van der Waals surface area contributed by atoms with Crippen molar-refractivity contribution in [2.75, 3.05) is 47.1 Å². The van der Waals surface area contributed by atoms with Gasteiger partial charge in [0.2, 0.25) is 0 Å². The van der Waals surface area contributed by atoms with E-state index in [1.165, 1.54) is 0 Å². The van der Waals surface area contributed by atoms with Crippen LogP contribution in [0.5, 0.6) is 0 Å². The fraction of sp³-hybridized carbons (Fsp3) is 0.909. The molecular formula is C11H23NO4. The normalized spacial score (nSPS) is 10.6. The Labute approximate surface area is 97.7 Å². The summed E-state index contributed by atoms with van der Waals surface area (Å²) in [5.74, 6) is 0.343. The Morgan fingerprint density at radius 1 is 1.12 bits per heavy atom. The van der Waals surface area contributed by atoms with Gasteiger partial charge in [0, 0.05) is 27.3 Å². The van der Waals surface area contributed by atoms with Gasteiger partial charge >= 0.3 is 6.09 Å². The van der Waals surface area contributed by atoms with E-state index in [1.54, 1.807) is 19.1 Å². The number of hydrogen-bond acceptors (Lipinski definition) is 4. The third kappa shape index (κ3) is 7.48. The summed E-state index contributed by atoms with van der Waals surface area (Å²) in [5, 5.41) is 0. The zero-order chi connectivity index (χ0) is 12.4. The van der Waals surface area contributed by atoms with Gasteiger partial charge in [-0.05, 0) is 5.92 Å². The lowest BCUT2D eigenvalue weighted by atomic mass is 10.2. The Bertz CT molecular complexity index is 177. The van der Waals surface area contributed by atoms with Crippen molar-refractivity contribution in [3.63, 3.8) is 0 Å². The smallest absolute Gasteiger partial charge is 0.409 e. The summed E-state index contributed by atoms with van der Waals surface area (Å²) in [4.78, 5) is 13.2. The molecule has 5 heteroatoms. The topological polar surface area (TPSA) is 48.0 Å². The largest absolute Gasteiger partial charge is 0.449 e. The molecule has 0 unspecified atom stereocenters. The van der Waals surface area contributed by atoms with Crippen molar-refractivity contribution in [2.24, 2.45) is 5.92 Å². The summed E-state index contributed by atoms with van der Waals surface area (Å²) in [6.45, 7) is 6.49. The Morgan fingerprint density at radius 3 is 2.00 bits per heavy atom. The van der Waals surface area contributed by atoms with E-state index < -0.39 is 0 Å². The molecule has 0 aromatic carbocycles. The molecule has 96 valence electrons. The highest BCUT2D eigenvalue weighted by molar-refractivity contribution is 5.67. The molecule has 0 aromatic heterocycles. The predicted molar refractivity (Wildman–Crippen MR) is 61.5 cm³/mol. The molecular weight excluding hydrogens is 210 g/mol. The van der Waals surface area contributed by atoms with Gasteiger partial charge in [-0.3, -0.25) is 0 Å². The van der Waals surface area contributed by atoms with Gasteiger partial charge in [0.25, 0.3) is 0 Å². The summed E-state index contributed by atoms with van der Waals surface area (Å²) in [5.41, 5.74) is 0. The summed E-state index contributed by atoms with van der Waals surface area (Å²) >= 11 is 0. The van der Waals surface area contributed by atoms with E-state index in [9.17, 15) is 4.79 Å². The lowest BCUT2D eigenvalue weighted by molar-refractivity contribution is 0.0672. The number of ether oxygens (including phenoxy) is 3. The van der Waals surface area contributed by atoms with Crippen LogP contribution in [0.2, 0.25) is 0 Å². The van der Waals surface area contributed by atoms with Crippen molar-refractivity contribution in [1.82, 2.24) is 4.90 Å². The van der Waals surface area contributed by atoms with Gasteiger partial charge < -0.3 is 19.1 Å². The maximum absolute atomic E-state index is 11.7. The van der Waals surface area contributed by atoms with Crippen LogP contribution in [-0.2, 0) is 14.2 Å². The van der Waals surface area contributed by atoms with Crippen LogP contribution in [0.1, 0.15) is 13.8 Å². The molecule has 0 saturated heterocycles. The van der Waals surface area contributed by atoms with Crippen molar-refractivity contribution < 1.29 is 19.0 Å². The highest BCUT2D eigenvalue weighted by Crippen LogP contribution is 1.99. The van der Waals surface area contributed by atoms with Crippen LogP contribution in [0, 0.1) is 5.92 Å². The maximum Gasteiger partial charge on any atom is 0.409 e. The Morgan fingerprint density at radius 2 is 1.62 bits per heavy atom. The molecule has 16 heavy (non-hydrogen) atoms. The molecule has 0 rings (SSSR count). The first-order valence-electron chi connectivity index (χ1n) is 5.51. The molecule has 0 N–H and O–H groups in total. The molecule has 0 radical (unpaired) electrons. The van der Waals surface area contributed by atoms with Crippen molar-refractivity contribution in [3.8, 4) is 0 Å². The number of amides is 1. The minimum absolute atomic E-state index is 0.303. The number of hydrogen-bond donors (Lipinski definition) is 0. The highest BCUT2D eigenvalue weighted by atomic mass is 16.6. The van der Waals surface area contributed by atoms with E-state index in [0.29, 0.717) is 38.8 Å². The van der Waals surface area contributed by atoms with Crippen molar-refractivity contribution in [2.45, 2.75) is 13.8 Å². The highest BCUT2D eigenvalue weighted by Gasteiger charge is 2.14. The first-order chi connectivity index (χ1) is 7.61. The standard InChI is InChI=1S/C11H23NO4/c1-10(2)9-16-11(13)12(5-7-14-3)6-8-15-4/h10H,5-9H2,1-4H3. The molecule has 0 fully saturated rings. The quantitative estimate of drug-likeness (QED) is 0.635. The minimum atomic E-state index is -0.303. The predicted octanol–water partition coefficient (Wildman–Crippen LogP) is 1.37. The van der Waals surface area contributed by atoms with Crippen LogP contribution in [0.4, 0.5) is 4.79 Å². The third-order valence-corrected chi connectivity index (χ3v) is 1.93. The number of carbonyl (C=O) groups is 1. The fourth-order valence-electron chi connectivity index (χ4n) is 1.03. The van der Waals surface area contributed by atoms with Crippen molar-refractivity contribution in [3.05, 3.63) is 0 Å². The molecule has 0 aliphatic rings. The monoisotopic (exact) mass is 233 g/mol. The van der Waals surface area contributed by atoms with Gasteiger partial charge in [0.05, 0.1) is 19.8 Å². The van der Waals surface area contributed by atoms with Gasteiger partial charge in [0.15, 0.2) is 0 Å². The number of nitrogens with zero attached hydrogens (tertiary/aromatic N) is 1. The van der Waals surface area contributed by atoms with E-state index >= 15 is 0 Å². The zero-order valence-corrected chi connectivity index (χ0v) is 10.7. The van der Waals surface area contributed by atoms with E-state index in [-0.39, 0.29) is 6.09 Å². The van der Waals surface area contributed by atoms with Crippen LogP contribution < -0.4 is 0 Å². The first-order valence-corrected chi connectivity index (χ1v) is 5.51. The second-order valence-electron chi connectivity index (χ2n) is 3.94. The number of carbonyl (C=O) groups excluding carboxylic acids is 1. The van der Waals surface area contributed by atoms with E-state index in [1.807, 2.05) is 13.8 Å². The van der Waals surface area contributed by atoms with Crippen molar-refractivity contribution >= 4 is 6.09 Å². The lowest BCUT2D eigenvalue weighted by Gasteiger charge is -2.21. The van der Waals surface area contributed by atoms with Gasteiger partial charge in [-0.1, -0.05) is 13.8 Å². The molecule has 0 saturated carbocycles. The lowest BCUT2D eigenvalue weighted by Crippen LogP contribution is -2.37. The molecule has 0 bridgehead atoms. The molecule has 0 aliphatic heterocycles. The van der Waals surface area contributed by atoms with E-state index in [4.69, 9.17) is 14.2 Å². The van der Waals surface area contributed by atoms with E-state index in [2.05, 4.69) is 0 Å². The third-order valence-electron chi connectivity index (χ3n) is 1.93. The number of methoxy groups -OCH3 is 2. The second kappa shape index (κ2) is 9.42. The van der Waals surface area contributed by atoms with Gasteiger partial charge in [-0.25, -0.2) is 4.79 Å². The van der Waals surface area contributed by atoms with Crippen molar-refractivity contribution in [1.29, 1.82) is 0 Å². The molecule has 0 aliphatic carbocycles. The molecule has 0 atom stereocenters. The molecule has 1 amide bonds. The summed E-state index contributed by atoms with van der Waals surface area (Å²) in [6.07, 6.45) is -0.303. The van der Waals surface area contributed by atoms with Gasteiger partial charge in [-0.15, -0.1) is 0 Å². The average molecular weight is 233 g/mol. The summed E-state index contributed by atoms with van der Waals surface area (Å²) < 4.78 is 15.0. The molecule has 0 aromatic rings. The van der Waals surface area contributed by atoms with Crippen LogP contribution in [0.15, 0.2) is 0 Å². The Hall–Kier alpha value is -0.810. The fourth-order valence-corrected chi connectivity index (χ4v) is 1.03. The van der Waals surface area contributed by atoms with Gasteiger partial charge in [0.1, 0.15) is 0 Å². The van der Waals surface area contributed by atoms with Crippen LogP contribution in [0.25, 0.3) is 0 Å². The van der Waals surface area contributed by atoms with Gasteiger partial charge in [-0.2, -0.15) is 0 Å². The SMILES string of the molecule is COCCN(CCOC)C(=O)OCC(C)C. The zero-order valence-electron chi connectivity index (χ0n) is 10.7. The molecule has 0 spiro atoms. The maximum atomic E-state index is 11.7. The molecule has 0 heterocycles. The average Bonchev–Trinajstić information content (AvgIpc) is 2.26.